The summed E-state index contributed by atoms with van der Waals surface area (Å²) in [5, 5.41) is 12.6. The number of aromatic hydroxyl groups is 1. The maximum atomic E-state index is 13.8. The van der Waals surface area contributed by atoms with Crippen molar-refractivity contribution in [3.05, 3.63) is 62.8 Å². The molecular formula is C20H18F3N3O4. The van der Waals surface area contributed by atoms with Crippen LogP contribution in [0.25, 0.3) is 0 Å². The molecule has 1 fully saturated rings. The summed E-state index contributed by atoms with van der Waals surface area (Å²) in [6.07, 6.45) is 3.50. The van der Waals surface area contributed by atoms with Gasteiger partial charge in [-0.05, 0) is 19.3 Å². The predicted octanol–water partition coefficient (Wildman–Crippen LogP) is 2.08. The van der Waals surface area contributed by atoms with Crippen LogP contribution in [0.2, 0.25) is 0 Å². The second kappa shape index (κ2) is 7.19. The van der Waals surface area contributed by atoms with Crippen molar-refractivity contribution in [1.29, 1.82) is 0 Å². The van der Waals surface area contributed by atoms with Crippen LogP contribution >= 0.6 is 0 Å². The third kappa shape index (κ3) is 3.03. The number of aromatic nitrogens is 1. The molecule has 2 aliphatic rings. The normalized spacial score (nSPS) is 20.1. The molecule has 0 saturated heterocycles. The van der Waals surface area contributed by atoms with Gasteiger partial charge in [-0.25, -0.2) is 13.2 Å². The van der Waals surface area contributed by atoms with E-state index < -0.39 is 58.1 Å². The molecule has 2 heterocycles. The van der Waals surface area contributed by atoms with Gasteiger partial charge in [-0.2, -0.15) is 0 Å². The Morgan fingerprint density at radius 1 is 1.17 bits per heavy atom. The van der Waals surface area contributed by atoms with Gasteiger partial charge in [0.05, 0.1) is 12.1 Å². The lowest BCUT2D eigenvalue weighted by Crippen LogP contribution is -2.47. The monoisotopic (exact) mass is 421 g/mol. The molecule has 0 bridgehead atoms. The number of nitrogens with one attached hydrogen (secondary N) is 1. The summed E-state index contributed by atoms with van der Waals surface area (Å²) in [5.41, 5.74) is -2.27. The number of likely N-dealkylation sites (N-methyl/N-ethyl adjacent to an activating group) is 1. The summed E-state index contributed by atoms with van der Waals surface area (Å²) in [5.74, 6) is -5.80. The van der Waals surface area contributed by atoms with Crippen molar-refractivity contribution in [2.75, 3.05) is 7.05 Å². The number of pyridine rings is 1. The van der Waals surface area contributed by atoms with E-state index in [1.807, 2.05) is 0 Å². The number of halogens is 3. The minimum atomic E-state index is -1.18. The van der Waals surface area contributed by atoms with E-state index >= 15 is 0 Å². The molecule has 2 N–H and O–H groups in total. The fourth-order valence-corrected chi connectivity index (χ4v) is 4.27. The van der Waals surface area contributed by atoms with Crippen molar-refractivity contribution in [1.82, 2.24) is 14.8 Å². The van der Waals surface area contributed by atoms with E-state index in [9.17, 15) is 32.7 Å². The summed E-state index contributed by atoms with van der Waals surface area (Å²) in [4.78, 5) is 39.2. The van der Waals surface area contributed by atoms with Crippen molar-refractivity contribution in [3.63, 3.8) is 0 Å². The zero-order chi connectivity index (χ0) is 21.7. The number of amides is 2. The van der Waals surface area contributed by atoms with Crippen molar-refractivity contribution >= 4 is 11.8 Å². The zero-order valence-electron chi connectivity index (χ0n) is 15.9. The molecule has 1 aromatic heterocycles. The van der Waals surface area contributed by atoms with E-state index in [0.29, 0.717) is 18.6 Å². The molecule has 4 rings (SSSR count). The topological polar surface area (TPSA) is 91.6 Å². The third-order valence-corrected chi connectivity index (χ3v) is 5.81. The van der Waals surface area contributed by atoms with Gasteiger partial charge in [0.25, 0.3) is 11.8 Å². The lowest BCUT2D eigenvalue weighted by molar-refractivity contribution is 0.0616. The second-order valence-corrected chi connectivity index (χ2v) is 7.49. The van der Waals surface area contributed by atoms with Crippen LogP contribution < -0.4 is 10.7 Å². The summed E-state index contributed by atoms with van der Waals surface area (Å²) < 4.78 is 42.0. The molecular weight excluding hydrogens is 403 g/mol. The fraction of sp³-hybridized carbons (Fsp3) is 0.350. The average molecular weight is 421 g/mol. The smallest absolute Gasteiger partial charge is 0.274 e. The Hall–Kier alpha value is -3.30. The number of hydrogen-bond acceptors (Lipinski definition) is 4. The van der Waals surface area contributed by atoms with Gasteiger partial charge in [0.2, 0.25) is 5.43 Å². The van der Waals surface area contributed by atoms with Gasteiger partial charge >= 0.3 is 0 Å². The maximum absolute atomic E-state index is 13.8. The Morgan fingerprint density at radius 3 is 2.47 bits per heavy atom. The fourth-order valence-electron chi connectivity index (χ4n) is 4.27. The Bertz CT molecular complexity index is 1110. The highest BCUT2D eigenvalue weighted by Gasteiger charge is 2.42. The number of carbonyl (C=O) groups excluding carboxylic acids is 2. The molecule has 0 radical (unpaired) electrons. The van der Waals surface area contributed by atoms with E-state index in [1.54, 1.807) is 7.05 Å². The molecule has 2 amide bonds. The quantitative estimate of drug-likeness (QED) is 0.794. The summed E-state index contributed by atoms with van der Waals surface area (Å²) in [6.45, 7) is -0.632. The van der Waals surface area contributed by atoms with E-state index in [2.05, 4.69) is 5.32 Å². The zero-order valence-corrected chi connectivity index (χ0v) is 15.9. The number of benzene rings is 1. The summed E-state index contributed by atoms with van der Waals surface area (Å²) in [7, 11) is 1.60. The Balaban J connectivity index is 1.68. The van der Waals surface area contributed by atoms with Crippen molar-refractivity contribution in [2.45, 2.75) is 37.9 Å². The van der Waals surface area contributed by atoms with Gasteiger partial charge in [0.15, 0.2) is 11.4 Å². The first kappa shape index (κ1) is 20.0. The van der Waals surface area contributed by atoms with Crippen LogP contribution in [0, 0.1) is 17.5 Å². The average Bonchev–Trinajstić information content (AvgIpc) is 3.17. The molecule has 1 saturated carbocycles. The number of carbonyl (C=O) groups is 2. The Kier molecular flexibility index (Phi) is 4.79. The summed E-state index contributed by atoms with van der Waals surface area (Å²) in [6, 6.07) is 0.636. The molecule has 10 heteroatoms. The van der Waals surface area contributed by atoms with Gasteiger partial charge < -0.3 is 19.9 Å². The SMILES string of the molecule is CN1C(=O)c2c(O)c(=O)c(C(=O)NCc3c(F)cc(F)cc3F)cn2C2CCCC21. The molecule has 0 spiro atoms. The van der Waals surface area contributed by atoms with Gasteiger partial charge in [-0.1, -0.05) is 0 Å². The lowest BCUT2D eigenvalue weighted by atomic mass is 10.0. The molecule has 7 nitrogen and oxygen atoms in total. The minimum Gasteiger partial charge on any atom is -0.503 e. The largest absolute Gasteiger partial charge is 0.503 e. The highest BCUT2D eigenvalue weighted by atomic mass is 19.1. The van der Waals surface area contributed by atoms with E-state index in [4.69, 9.17) is 0 Å². The van der Waals surface area contributed by atoms with Crippen LogP contribution in [0.4, 0.5) is 13.2 Å². The molecule has 2 unspecified atom stereocenters. The van der Waals surface area contributed by atoms with Crippen LogP contribution in [0.5, 0.6) is 5.75 Å². The number of rotatable bonds is 3. The van der Waals surface area contributed by atoms with Crippen molar-refractivity contribution in [2.24, 2.45) is 0 Å². The predicted molar refractivity (Wildman–Crippen MR) is 98.6 cm³/mol. The van der Waals surface area contributed by atoms with Crippen LogP contribution in [-0.4, -0.2) is 39.5 Å². The standard InChI is InChI=1S/C20H18F3N3O4/c1-25-14-3-2-4-15(14)26-8-11(17(27)18(28)16(26)20(25)30)19(29)24-7-10-12(22)5-9(21)6-13(10)23/h5-6,8,14-15,28H,2-4,7H2,1H3,(H,24,29). The molecule has 158 valence electrons. The van der Waals surface area contributed by atoms with Gasteiger partial charge in [0, 0.05) is 37.5 Å². The lowest BCUT2D eigenvalue weighted by Gasteiger charge is -2.38. The van der Waals surface area contributed by atoms with Gasteiger partial charge in [0.1, 0.15) is 23.0 Å². The first-order chi connectivity index (χ1) is 14.2. The number of fused-ring (bicyclic) bond motifs is 3. The first-order valence-corrected chi connectivity index (χ1v) is 9.37. The number of hydrogen-bond donors (Lipinski definition) is 2. The molecule has 2 aromatic rings. The van der Waals surface area contributed by atoms with Crippen molar-refractivity contribution in [3.8, 4) is 5.75 Å². The molecule has 2 atom stereocenters. The van der Waals surface area contributed by atoms with Crippen LogP contribution in [0.15, 0.2) is 23.1 Å². The van der Waals surface area contributed by atoms with Crippen LogP contribution in [-0.2, 0) is 6.54 Å². The molecule has 1 aromatic carbocycles. The second-order valence-electron chi connectivity index (χ2n) is 7.49. The van der Waals surface area contributed by atoms with Crippen molar-refractivity contribution < 1.29 is 27.9 Å². The summed E-state index contributed by atoms with van der Waals surface area (Å²) >= 11 is 0. The maximum Gasteiger partial charge on any atom is 0.274 e. The van der Waals surface area contributed by atoms with Crippen LogP contribution in [0.3, 0.4) is 0 Å². The van der Waals surface area contributed by atoms with E-state index in [1.165, 1.54) is 15.7 Å². The van der Waals surface area contributed by atoms with Crippen LogP contribution in [0.1, 0.15) is 51.7 Å². The van der Waals surface area contributed by atoms with E-state index in [0.717, 1.165) is 12.8 Å². The Labute approximate surface area is 168 Å². The van der Waals surface area contributed by atoms with Gasteiger partial charge in [-0.15, -0.1) is 0 Å². The minimum absolute atomic E-state index is 0.120. The highest BCUT2D eigenvalue weighted by Crippen LogP contribution is 2.39. The first-order valence-electron chi connectivity index (χ1n) is 9.37. The highest BCUT2D eigenvalue weighted by molar-refractivity contribution is 5.99. The van der Waals surface area contributed by atoms with Gasteiger partial charge in [-0.3, -0.25) is 14.4 Å². The number of nitrogens with zero attached hydrogens (tertiary/aromatic N) is 2. The molecule has 1 aliphatic carbocycles. The molecule has 1 aliphatic heterocycles. The molecule has 30 heavy (non-hydrogen) atoms. The third-order valence-electron chi connectivity index (χ3n) is 5.81. The van der Waals surface area contributed by atoms with E-state index in [-0.39, 0.29) is 17.8 Å². The Morgan fingerprint density at radius 2 is 1.80 bits per heavy atom.